The number of carbonyl (C=O) groups is 3. The van der Waals surface area contributed by atoms with E-state index < -0.39 is 0 Å². The second-order valence-corrected chi connectivity index (χ2v) is 6.44. The van der Waals surface area contributed by atoms with Gasteiger partial charge in [0.1, 0.15) is 0 Å². The van der Waals surface area contributed by atoms with Crippen molar-refractivity contribution in [2.75, 3.05) is 13.1 Å². The van der Waals surface area contributed by atoms with Crippen LogP contribution in [-0.2, 0) is 6.54 Å². The minimum atomic E-state index is -0.266. The van der Waals surface area contributed by atoms with Gasteiger partial charge in [0.2, 0.25) is 0 Å². The van der Waals surface area contributed by atoms with Crippen molar-refractivity contribution in [1.29, 1.82) is 0 Å². The van der Waals surface area contributed by atoms with E-state index in [0.29, 0.717) is 16.7 Å². The summed E-state index contributed by atoms with van der Waals surface area (Å²) < 4.78 is 0. The summed E-state index contributed by atoms with van der Waals surface area (Å²) in [6.07, 6.45) is 2.12. The van der Waals surface area contributed by atoms with Gasteiger partial charge in [0.15, 0.2) is 0 Å². The fourth-order valence-electron chi connectivity index (χ4n) is 3.42. The second-order valence-electron chi connectivity index (χ2n) is 6.44. The van der Waals surface area contributed by atoms with E-state index >= 15 is 0 Å². The van der Waals surface area contributed by atoms with Crippen LogP contribution in [0, 0.1) is 0 Å². The molecule has 4 rings (SSSR count). The maximum absolute atomic E-state index is 12.4. The number of hydrogen-bond donors (Lipinski definition) is 0. The quantitative estimate of drug-likeness (QED) is 0.811. The van der Waals surface area contributed by atoms with Gasteiger partial charge in [-0.2, -0.15) is 0 Å². The van der Waals surface area contributed by atoms with Gasteiger partial charge in [-0.1, -0.05) is 24.3 Å². The average molecular weight is 334 g/mol. The number of imide groups is 1. The van der Waals surface area contributed by atoms with Crippen molar-refractivity contribution >= 4 is 17.7 Å². The number of benzene rings is 2. The van der Waals surface area contributed by atoms with E-state index in [-0.39, 0.29) is 24.3 Å². The molecule has 2 aliphatic heterocycles. The second kappa shape index (κ2) is 6.16. The summed E-state index contributed by atoms with van der Waals surface area (Å²) in [5.74, 6) is -0.486. The van der Waals surface area contributed by atoms with Crippen LogP contribution in [-0.4, -0.2) is 40.6 Å². The van der Waals surface area contributed by atoms with Gasteiger partial charge < -0.3 is 4.90 Å². The van der Waals surface area contributed by atoms with Crippen LogP contribution in [0.3, 0.4) is 0 Å². The summed E-state index contributed by atoms with van der Waals surface area (Å²) >= 11 is 0. The molecule has 0 saturated carbocycles. The summed E-state index contributed by atoms with van der Waals surface area (Å²) in [7, 11) is 0. The molecule has 126 valence electrons. The zero-order chi connectivity index (χ0) is 17.4. The molecule has 25 heavy (non-hydrogen) atoms. The highest BCUT2D eigenvalue weighted by Crippen LogP contribution is 2.24. The summed E-state index contributed by atoms with van der Waals surface area (Å²) in [4.78, 5) is 40.3. The van der Waals surface area contributed by atoms with Gasteiger partial charge in [-0.25, -0.2) is 0 Å². The van der Waals surface area contributed by atoms with Crippen molar-refractivity contribution in [1.82, 2.24) is 9.80 Å². The normalized spacial score (nSPS) is 16.5. The molecule has 1 saturated heterocycles. The van der Waals surface area contributed by atoms with Crippen molar-refractivity contribution < 1.29 is 14.4 Å². The molecule has 0 aliphatic carbocycles. The Kier molecular flexibility index (Phi) is 3.84. The molecule has 0 bridgehead atoms. The monoisotopic (exact) mass is 334 g/mol. The van der Waals surface area contributed by atoms with Crippen LogP contribution in [0.25, 0.3) is 0 Å². The molecule has 0 N–H and O–H groups in total. The third-order valence-corrected chi connectivity index (χ3v) is 4.81. The first kappa shape index (κ1) is 15.6. The molecular weight excluding hydrogens is 316 g/mol. The van der Waals surface area contributed by atoms with E-state index in [2.05, 4.69) is 0 Å². The first-order valence-electron chi connectivity index (χ1n) is 8.48. The molecular formula is C20H18N2O3. The summed E-state index contributed by atoms with van der Waals surface area (Å²) in [6, 6.07) is 14.0. The molecule has 2 aliphatic rings. The van der Waals surface area contributed by atoms with Crippen molar-refractivity contribution in [3.8, 4) is 0 Å². The molecule has 3 amide bonds. The highest BCUT2D eigenvalue weighted by Gasteiger charge is 2.34. The lowest BCUT2D eigenvalue weighted by molar-refractivity contribution is 0.0641. The lowest BCUT2D eigenvalue weighted by atomic mass is 10.1. The average Bonchev–Trinajstić information content (AvgIpc) is 3.26. The van der Waals surface area contributed by atoms with Crippen LogP contribution in [0.5, 0.6) is 0 Å². The van der Waals surface area contributed by atoms with Crippen molar-refractivity contribution in [2.45, 2.75) is 19.4 Å². The van der Waals surface area contributed by atoms with Crippen LogP contribution in [0.4, 0.5) is 0 Å². The largest absolute Gasteiger partial charge is 0.339 e. The van der Waals surface area contributed by atoms with Crippen LogP contribution in [0.2, 0.25) is 0 Å². The Balaban J connectivity index is 1.50. The number of carbonyl (C=O) groups excluding carboxylic acids is 3. The smallest absolute Gasteiger partial charge is 0.261 e. The Bertz CT molecular complexity index is 816. The fraction of sp³-hybridized carbons (Fsp3) is 0.250. The first-order chi connectivity index (χ1) is 12.1. The van der Waals surface area contributed by atoms with Crippen LogP contribution >= 0.6 is 0 Å². The van der Waals surface area contributed by atoms with Gasteiger partial charge >= 0.3 is 0 Å². The number of amides is 3. The Morgan fingerprint density at radius 1 is 0.840 bits per heavy atom. The SMILES string of the molecule is O=C(c1ccc(CN2C(=O)c3ccccc3C2=O)cc1)N1CCCC1. The Labute approximate surface area is 145 Å². The highest BCUT2D eigenvalue weighted by atomic mass is 16.2. The first-order valence-corrected chi connectivity index (χ1v) is 8.48. The van der Waals surface area contributed by atoms with Crippen LogP contribution in [0.15, 0.2) is 48.5 Å². The topological polar surface area (TPSA) is 57.7 Å². The van der Waals surface area contributed by atoms with Crippen molar-refractivity contribution in [2.24, 2.45) is 0 Å². The molecule has 2 aromatic rings. The van der Waals surface area contributed by atoms with E-state index in [0.717, 1.165) is 31.5 Å². The maximum Gasteiger partial charge on any atom is 0.261 e. The minimum absolute atomic E-state index is 0.0461. The predicted molar refractivity (Wildman–Crippen MR) is 92.2 cm³/mol. The molecule has 5 nitrogen and oxygen atoms in total. The Morgan fingerprint density at radius 3 is 1.96 bits per heavy atom. The van der Waals surface area contributed by atoms with E-state index in [4.69, 9.17) is 0 Å². The van der Waals surface area contributed by atoms with Crippen molar-refractivity contribution in [3.05, 3.63) is 70.8 Å². The van der Waals surface area contributed by atoms with Gasteiger partial charge in [-0.15, -0.1) is 0 Å². The molecule has 2 heterocycles. The molecule has 0 atom stereocenters. The van der Waals surface area contributed by atoms with E-state index in [1.165, 1.54) is 4.90 Å². The van der Waals surface area contributed by atoms with Gasteiger partial charge in [0, 0.05) is 18.7 Å². The number of hydrogen-bond acceptors (Lipinski definition) is 3. The number of likely N-dealkylation sites (tertiary alicyclic amines) is 1. The minimum Gasteiger partial charge on any atom is -0.339 e. The zero-order valence-corrected chi connectivity index (χ0v) is 13.8. The summed E-state index contributed by atoms with van der Waals surface area (Å²) in [5.41, 5.74) is 2.38. The van der Waals surface area contributed by atoms with E-state index in [1.807, 2.05) is 17.0 Å². The van der Waals surface area contributed by atoms with Gasteiger partial charge in [-0.05, 0) is 42.7 Å². The molecule has 1 fully saturated rings. The van der Waals surface area contributed by atoms with Gasteiger partial charge in [0.25, 0.3) is 17.7 Å². The zero-order valence-electron chi connectivity index (χ0n) is 13.8. The molecule has 0 unspecified atom stereocenters. The van der Waals surface area contributed by atoms with Crippen LogP contribution < -0.4 is 0 Å². The van der Waals surface area contributed by atoms with E-state index in [1.54, 1.807) is 36.4 Å². The third-order valence-electron chi connectivity index (χ3n) is 4.81. The van der Waals surface area contributed by atoms with E-state index in [9.17, 15) is 14.4 Å². The number of rotatable bonds is 3. The standard InChI is InChI=1S/C20H18N2O3/c23-18(21-11-3-4-12-21)15-9-7-14(8-10-15)13-22-19(24)16-5-1-2-6-17(16)20(22)25/h1-2,5-10H,3-4,11-13H2. The fourth-order valence-corrected chi connectivity index (χ4v) is 3.42. The Hall–Kier alpha value is -2.95. The highest BCUT2D eigenvalue weighted by molar-refractivity contribution is 6.21. The van der Waals surface area contributed by atoms with Crippen LogP contribution in [0.1, 0.15) is 49.5 Å². The molecule has 5 heteroatoms. The summed E-state index contributed by atoms with van der Waals surface area (Å²) in [5, 5.41) is 0. The predicted octanol–water partition coefficient (Wildman–Crippen LogP) is 2.72. The number of nitrogens with zero attached hydrogens (tertiary/aromatic N) is 2. The van der Waals surface area contributed by atoms with Gasteiger partial charge in [-0.3, -0.25) is 19.3 Å². The maximum atomic E-state index is 12.4. The molecule has 0 aromatic heterocycles. The summed E-state index contributed by atoms with van der Waals surface area (Å²) in [6.45, 7) is 1.84. The Morgan fingerprint density at radius 2 is 1.40 bits per heavy atom. The molecule has 0 radical (unpaired) electrons. The third kappa shape index (κ3) is 2.71. The lowest BCUT2D eigenvalue weighted by Crippen LogP contribution is -2.29. The van der Waals surface area contributed by atoms with Crippen molar-refractivity contribution in [3.63, 3.8) is 0 Å². The number of fused-ring (bicyclic) bond motifs is 1. The molecule has 2 aromatic carbocycles. The van der Waals surface area contributed by atoms with Gasteiger partial charge in [0.05, 0.1) is 17.7 Å². The molecule has 0 spiro atoms. The lowest BCUT2D eigenvalue weighted by Gasteiger charge is -2.16.